The molecule has 0 radical (unpaired) electrons. The van der Waals surface area contributed by atoms with Crippen LogP contribution in [0.15, 0.2) is 18.2 Å². The van der Waals surface area contributed by atoms with Crippen LogP contribution >= 0.6 is 0 Å². The highest BCUT2D eigenvalue weighted by molar-refractivity contribution is 5.71. The summed E-state index contributed by atoms with van der Waals surface area (Å²) in [5.41, 5.74) is 1.23. The van der Waals surface area contributed by atoms with Crippen molar-refractivity contribution in [2.75, 3.05) is 11.4 Å². The fourth-order valence-electron chi connectivity index (χ4n) is 2.84. The lowest BCUT2D eigenvalue weighted by Gasteiger charge is -2.36. The van der Waals surface area contributed by atoms with E-state index in [1.165, 1.54) is 0 Å². The van der Waals surface area contributed by atoms with Gasteiger partial charge in [0.15, 0.2) is 0 Å². The molecule has 1 heterocycles. The zero-order valence-corrected chi connectivity index (χ0v) is 11.4. The molecule has 1 aromatic rings. The normalized spacial score (nSPS) is 18.9. The molecule has 0 saturated carbocycles. The molecule has 2 rings (SSSR count). The molecule has 1 N–H and O–H groups in total. The predicted molar refractivity (Wildman–Crippen MR) is 75.1 cm³/mol. The molecule has 1 aromatic carbocycles. The lowest BCUT2D eigenvalue weighted by Crippen LogP contribution is -2.41. The second-order valence-corrected chi connectivity index (χ2v) is 5.14. The number of piperidine rings is 1. The third-order valence-electron chi connectivity index (χ3n) is 3.75. The van der Waals surface area contributed by atoms with Crippen LogP contribution in [0.3, 0.4) is 0 Å². The summed E-state index contributed by atoms with van der Waals surface area (Å²) in [5.74, 6) is -0.864. The Hall–Kier alpha value is -2.11. The Morgan fingerprint density at radius 2 is 2.25 bits per heavy atom. The van der Waals surface area contributed by atoms with E-state index in [0.29, 0.717) is 17.8 Å². The summed E-state index contributed by atoms with van der Waals surface area (Å²) in [7, 11) is 0. The van der Waals surface area contributed by atoms with Gasteiger partial charge in [-0.25, -0.2) is 0 Å². The second kappa shape index (κ2) is 5.90. The minimum atomic E-state index is -0.864. The van der Waals surface area contributed by atoms with E-state index >= 15 is 0 Å². The maximum absolute atomic E-state index is 11.3. The SMILES string of the molecule is Cc1cccc(N2CCCCC2CC(=O)O)c1[N+](=O)[O-]. The number of carbonyl (C=O) groups is 1. The van der Waals surface area contributed by atoms with Gasteiger partial charge in [-0.15, -0.1) is 0 Å². The van der Waals surface area contributed by atoms with E-state index in [2.05, 4.69) is 0 Å². The Balaban J connectivity index is 2.39. The third-order valence-corrected chi connectivity index (χ3v) is 3.75. The van der Waals surface area contributed by atoms with Crippen molar-refractivity contribution >= 4 is 17.3 Å². The highest BCUT2D eigenvalue weighted by Crippen LogP contribution is 2.35. The number of benzene rings is 1. The van der Waals surface area contributed by atoms with Crippen molar-refractivity contribution in [3.8, 4) is 0 Å². The van der Waals surface area contributed by atoms with Gasteiger partial charge in [0.1, 0.15) is 5.69 Å². The van der Waals surface area contributed by atoms with Crippen molar-refractivity contribution in [2.24, 2.45) is 0 Å². The Bertz CT molecular complexity index is 530. The Morgan fingerprint density at radius 3 is 2.90 bits per heavy atom. The molecule has 0 aromatic heterocycles. The molecule has 20 heavy (non-hydrogen) atoms. The van der Waals surface area contributed by atoms with Crippen LogP contribution in [0.1, 0.15) is 31.2 Å². The highest BCUT2D eigenvalue weighted by atomic mass is 16.6. The van der Waals surface area contributed by atoms with E-state index in [0.717, 1.165) is 19.3 Å². The minimum Gasteiger partial charge on any atom is -0.481 e. The molecular formula is C14H18N2O4. The van der Waals surface area contributed by atoms with Crippen LogP contribution in [0.5, 0.6) is 0 Å². The van der Waals surface area contributed by atoms with Crippen LogP contribution in [0.4, 0.5) is 11.4 Å². The summed E-state index contributed by atoms with van der Waals surface area (Å²) in [5, 5.41) is 20.3. The number of hydrogen-bond acceptors (Lipinski definition) is 4. The van der Waals surface area contributed by atoms with E-state index in [-0.39, 0.29) is 23.1 Å². The molecule has 0 bridgehead atoms. The Morgan fingerprint density at radius 1 is 1.50 bits per heavy atom. The maximum Gasteiger partial charge on any atom is 0.305 e. The summed E-state index contributed by atoms with van der Waals surface area (Å²) in [6.07, 6.45) is 2.68. The summed E-state index contributed by atoms with van der Waals surface area (Å²) in [6.45, 7) is 2.38. The quantitative estimate of drug-likeness (QED) is 0.676. The van der Waals surface area contributed by atoms with Crippen molar-refractivity contribution in [1.82, 2.24) is 0 Å². The molecule has 0 amide bonds. The lowest BCUT2D eigenvalue weighted by molar-refractivity contribution is -0.384. The summed E-state index contributed by atoms with van der Waals surface area (Å²) in [4.78, 5) is 23.8. The minimum absolute atomic E-state index is 0.0189. The summed E-state index contributed by atoms with van der Waals surface area (Å²) >= 11 is 0. The monoisotopic (exact) mass is 278 g/mol. The Labute approximate surface area is 117 Å². The number of nitrogens with zero attached hydrogens (tertiary/aromatic N) is 2. The molecule has 1 fully saturated rings. The molecule has 1 saturated heterocycles. The van der Waals surface area contributed by atoms with Gasteiger partial charge in [0, 0.05) is 18.2 Å². The molecule has 1 unspecified atom stereocenters. The van der Waals surface area contributed by atoms with Crippen molar-refractivity contribution in [2.45, 2.75) is 38.6 Å². The first-order valence-electron chi connectivity index (χ1n) is 6.73. The van der Waals surface area contributed by atoms with Crippen molar-refractivity contribution in [3.05, 3.63) is 33.9 Å². The van der Waals surface area contributed by atoms with Gasteiger partial charge in [0.2, 0.25) is 0 Å². The van der Waals surface area contributed by atoms with Crippen LogP contribution < -0.4 is 4.90 Å². The van der Waals surface area contributed by atoms with Gasteiger partial charge in [-0.2, -0.15) is 0 Å². The smallest absolute Gasteiger partial charge is 0.305 e. The average molecular weight is 278 g/mol. The van der Waals surface area contributed by atoms with Gasteiger partial charge in [0.25, 0.3) is 5.69 Å². The molecule has 108 valence electrons. The molecule has 1 aliphatic rings. The molecule has 1 aliphatic heterocycles. The molecule has 1 atom stereocenters. The number of para-hydroxylation sites is 1. The third kappa shape index (κ3) is 2.89. The van der Waals surface area contributed by atoms with Gasteiger partial charge in [-0.3, -0.25) is 14.9 Å². The summed E-state index contributed by atoms with van der Waals surface area (Å²) < 4.78 is 0. The van der Waals surface area contributed by atoms with Crippen molar-refractivity contribution < 1.29 is 14.8 Å². The second-order valence-electron chi connectivity index (χ2n) is 5.14. The van der Waals surface area contributed by atoms with Crippen LogP contribution in [0, 0.1) is 17.0 Å². The first-order chi connectivity index (χ1) is 9.50. The maximum atomic E-state index is 11.3. The molecule has 6 nitrogen and oxygen atoms in total. The number of carboxylic acid groups (broad SMARTS) is 1. The highest BCUT2D eigenvalue weighted by Gasteiger charge is 2.30. The number of aryl methyl sites for hydroxylation is 1. The van der Waals surface area contributed by atoms with Gasteiger partial charge < -0.3 is 10.0 Å². The van der Waals surface area contributed by atoms with Crippen molar-refractivity contribution in [1.29, 1.82) is 0 Å². The van der Waals surface area contributed by atoms with Crippen LogP contribution in [0.2, 0.25) is 0 Å². The van der Waals surface area contributed by atoms with Gasteiger partial charge in [-0.1, -0.05) is 12.1 Å². The number of nitro groups is 1. The van der Waals surface area contributed by atoms with E-state index in [1.807, 2.05) is 4.90 Å². The van der Waals surface area contributed by atoms with E-state index in [9.17, 15) is 14.9 Å². The molecule has 6 heteroatoms. The topological polar surface area (TPSA) is 83.7 Å². The van der Waals surface area contributed by atoms with Crippen LogP contribution in [-0.2, 0) is 4.79 Å². The number of hydrogen-bond donors (Lipinski definition) is 1. The predicted octanol–water partition coefficient (Wildman–Crippen LogP) is 2.74. The van der Waals surface area contributed by atoms with Crippen LogP contribution in [0.25, 0.3) is 0 Å². The average Bonchev–Trinajstić information content (AvgIpc) is 2.38. The zero-order valence-electron chi connectivity index (χ0n) is 11.4. The molecular weight excluding hydrogens is 260 g/mol. The number of rotatable bonds is 4. The van der Waals surface area contributed by atoms with E-state index in [4.69, 9.17) is 5.11 Å². The van der Waals surface area contributed by atoms with E-state index < -0.39 is 5.97 Å². The van der Waals surface area contributed by atoms with Gasteiger partial charge >= 0.3 is 5.97 Å². The first-order valence-corrected chi connectivity index (χ1v) is 6.73. The lowest BCUT2D eigenvalue weighted by atomic mass is 9.97. The number of anilines is 1. The number of aliphatic carboxylic acids is 1. The van der Waals surface area contributed by atoms with Crippen molar-refractivity contribution in [3.63, 3.8) is 0 Å². The molecule has 0 spiro atoms. The number of nitro benzene ring substituents is 1. The fraction of sp³-hybridized carbons (Fsp3) is 0.500. The van der Waals surface area contributed by atoms with Gasteiger partial charge in [-0.05, 0) is 32.3 Å². The van der Waals surface area contributed by atoms with Crippen LogP contribution in [-0.4, -0.2) is 28.6 Å². The largest absolute Gasteiger partial charge is 0.481 e. The number of carboxylic acids is 1. The fourth-order valence-corrected chi connectivity index (χ4v) is 2.84. The Kier molecular flexibility index (Phi) is 4.22. The van der Waals surface area contributed by atoms with Gasteiger partial charge in [0.05, 0.1) is 11.3 Å². The standard InChI is InChI=1S/C14H18N2O4/c1-10-5-4-7-12(14(10)16(19)20)15-8-3-2-6-11(15)9-13(17)18/h4-5,7,11H,2-3,6,8-9H2,1H3,(H,17,18). The van der Waals surface area contributed by atoms with E-state index in [1.54, 1.807) is 25.1 Å². The molecule has 0 aliphatic carbocycles. The first kappa shape index (κ1) is 14.3. The zero-order chi connectivity index (χ0) is 14.7. The summed E-state index contributed by atoms with van der Waals surface area (Å²) in [6, 6.07) is 5.04.